The first kappa shape index (κ1) is 17.4. The van der Waals surface area contributed by atoms with Crippen LogP contribution in [0.4, 0.5) is 4.39 Å². The molecule has 4 nitrogen and oxygen atoms in total. The number of benzene rings is 2. The lowest BCUT2D eigenvalue weighted by molar-refractivity contribution is 0.571. The van der Waals surface area contributed by atoms with Crippen LogP contribution in [0.5, 0.6) is 0 Å². The SMILES string of the molecule is O=S(=O)(CCCc1ccccc1)Cc1coc(-c2ccc(F)cc2)n1. The minimum atomic E-state index is -3.26. The zero-order chi connectivity index (χ0) is 17.7. The first-order chi connectivity index (χ1) is 12.0. The maximum Gasteiger partial charge on any atom is 0.226 e. The fraction of sp³-hybridized carbons (Fsp3) is 0.211. The fourth-order valence-electron chi connectivity index (χ4n) is 2.54. The van der Waals surface area contributed by atoms with Gasteiger partial charge in [-0.1, -0.05) is 30.3 Å². The number of hydrogen-bond acceptors (Lipinski definition) is 4. The topological polar surface area (TPSA) is 60.2 Å². The molecule has 0 saturated carbocycles. The van der Waals surface area contributed by atoms with Gasteiger partial charge in [0.25, 0.3) is 0 Å². The van der Waals surface area contributed by atoms with E-state index < -0.39 is 9.84 Å². The Morgan fingerprint density at radius 3 is 2.44 bits per heavy atom. The van der Waals surface area contributed by atoms with E-state index in [0.29, 0.717) is 17.7 Å². The van der Waals surface area contributed by atoms with E-state index >= 15 is 0 Å². The number of oxazole rings is 1. The Bertz CT molecular complexity index is 919. The molecule has 2 aromatic carbocycles. The highest BCUT2D eigenvalue weighted by Gasteiger charge is 2.16. The third-order valence-electron chi connectivity index (χ3n) is 3.77. The highest BCUT2D eigenvalue weighted by atomic mass is 32.2. The summed E-state index contributed by atoms with van der Waals surface area (Å²) in [6.07, 6.45) is 2.63. The molecule has 0 saturated heterocycles. The van der Waals surface area contributed by atoms with Crippen molar-refractivity contribution in [2.45, 2.75) is 18.6 Å². The molecule has 130 valence electrons. The molecule has 0 aliphatic carbocycles. The van der Waals surface area contributed by atoms with Crippen LogP contribution in [0.1, 0.15) is 17.7 Å². The standard InChI is InChI=1S/C19H18FNO3S/c20-17-10-8-16(9-11-17)19-21-18(13-24-19)14-25(22,23)12-4-7-15-5-2-1-3-6-15/h1-3,5-6,8-11,13H,4,7,12,14H2. The van der Waals surface area contributed by atoms with Crippen molar-refractivity contribution in [1.82, 2.24) is 4.98 Å². The lowest BCUT2D eigenvalue weighted by atomic mass is 10.1. The van der Waals surface area contributed by atoms with Crippen molar-refractivity contribution < 1.29 is 17.2 Å². The van der Waals surface area contributed by atoms with Gasteiger partial charge >= 0.3 is 0 Å². The molecule has 0 bridgehead atoms. The van der Waals surface area contributed by atoms with Crippen LogP contribution in [0.2, 0.25) is 0 Å². The Labute approximate surface area is 146 Å². The van der Waals surface area contributed by atoms with E-state index in [1.54, 1.807) is 12.1 Å². The third kappa shape index (κ3) is 5.00. The molecule has 6 heteroatoms. The van der Waals surface area contributed by atoms with Crippen molar-refractivity contribution in [3.63, 3.8) is 0 Å². The Morgan fingerprint density at radius 1 is 1.00 bits per heavy atom. The average Bonchev–Trinajstić information content (AvgIpc) is 3.04. The number of nitrogens with zero attached hydrogens (tertiary/aromatic N) is 1. The molecular formula is C19H18FNO3S. The van der Waals surface area contributed by atoms with Gasteiger partial charge in [0, 0.05) is 5.56 Å². The Balaban J connectivity index is 1.58. The number of sulfone groups is 1. The van der Waals surface area contributed by atoms with E-state index in [2.05, 4.69) is 4.98 Å². The van der Waals surface area contributed by atoms with Crippen molar-refractivity contribution in [3.05, 3.63) is 77.9 Å². The zero-order valence-electron chi connectivity index (χ0n) is 13.6. The van der Waals surface area contributed by atoms with Gasteiger partial charge in [0.2, 0.25) is 5.89 Å². The number of aromatic nitrogens is 1. The molecule has 0 fully saturated rings. The Hall–Kier alpha value is -2.47. The van der Waals surface area contributed by atoms with Crippen LogP contribution in [0.25, 0.3) is 11.5 Å². The molecule has 0 unspecified atom stereocenters. The van der Waals surface area contributed by atoms with Crippen LogP contribution in [0.3, 0.4) is 0 Å². The van der Waals surface area contributed by atoms with Crippen LogP contribution >= 0.6 is 0 Å². The third-order valence-corrected chi connectivity index (χ3v) is 5.42. The van der Waals surface area contributed by atoms with Gasteiger partial charge in [-0.15, -0.1) is 0 Å². The van der Waals surface area contributed by atoms with Crippen LogP contribution < -0.4 is 0 Å². The van der Waals surface area contributed by atoms with Crippen molar-refractivity contribution in [3.8, 4) is 11.5 Å². The molecule has 0 aliphatic rings. The van der Waals surface area contributed by atoms with Crippen LogP contribution in [-0.2, 0) is 22.0 Å². The van der Waals surface area contributed by atoms with Gasteiger partial charge in [-0.05, 0) is 42.7 Å². The average molecular weight is 359 g/mol. The van der Waals surface area contributed by atoms with E-state index in [-0.39, 0.29) is 23.2 Å². The van der Waals surface area contributed by atoms with Crippen LogP contribution in [0.15, 0.2) is 65.3 Å². The highest BCUT2D eigenvalue weighted by molar-refractivity contribution is 7.90. The predicted octanol–water partition coefficient (Wildman–Crippen LogP) is 4.03. The van der Waals surface area contributed by atoms with Crippen LogP contribution in [-0.4, -0.2) is 19.2 Å². The molecule has 1 aromatic heterocycles. The van der Waals surface area contributed by atoms with Gasteiger partial charge in [-0.3, -0.25) is 0 Å². The Kier molecular flexibility index (Phi) is 5.28. The van der Waals surface area contributed by atoms with E-state index in [9.17, 15) is 12.8 Å². The molecule has 25 heavy (non-hydrogen) atoms. The number of hydrogen-bond donors (Lipinski definition) is 0. The summed E-state index contributed by atoms with van der Waals surface area (Å²) in [6.45, 7) is 0. The van der Waals surface area contributed by atoms with Gasteiger partial charge in [-0.2, -0.15) is 0 Å². The van der Waals surface area contributed by atoms with Gasteiger partial charge in [0.15, 0.2) is 9.84 Å². The van der Waals surface area contributed by atoms with E-state index in [4.69, 9.17) is 4.42 Å². The van der Waals surface area contributed by atoms with Gasteiger partial charge in [0.05, 0.1) is 17.2 Å². The maximum atomic E-state index is 12.9. The zero-order valence-corrected chi connectivity index (χ0v) is 14.4. The summed E-state index contributed by atoms with van der Waals surface area (Å²) in [5, 5.41) is 0. The first-order valence-corrected chi connectivity index (χ1v) is 9.79. The summed E-state index contributed by atoms with van der Waals surface area (Å²) in [4.78, 5) is 4.19. The van der Waals surface area contributed by atoms with Crippen molar-refractivity contribution in [2.24, 2.45) is 0 Å². The molecule has 0 atom stereocenters. The summed E-state index contributed by atoms with van der Waals surface area (Å²) in [5.41, 5.74) is 2.09. The minimum absolute atomic E-state index is 0.0979. The monoisotopic (exact) mass is 359 g/mol. The summed E-state index contributed by atoms with van der Waals surface area (Å²) >= 11 is 0. The normalized spacial score (nSPS) is 11.6. The predicted molar refractivity (Wildman–Crippen MR) is 94.2 cm³/mol. The lowest BCUT2D eigenvalue weighted by Gasteiger charge is -2.03. The fourth-order valence-corrected chi connectivity index (χ4v) is 3.85. The van der Waals surface area contributed by atoms with Gasteiger partial charge in [-0.25, -0.2) is 17.8 Å². The molecular weight excluding hydrogens is 341 g/mol. The van der Waals surface area contributed by atoms with Crippen molar-refractivity contribution >= 4 is 9.84 Å². The Morgan fingerprint density at radius 2 is 1.72 bits per heavy atom. The molecule has 0 spiro atoms. The second kappa shape index (κ2) is 7.61. The molecule has 0 aliphatic heterocycles. The quantitative estimate of drug-likeness (QED) is 0.639. The summed E-state index contributed by atoms with van der Waals surface area (Å²) in [5.74, 6) is -0.126. The van der Waals surface area contributed by atoms with Crippen LogP contribution in [0, 0.1) is 5.82 Å². The summed E-state index contributed by atoms with van der Waals surface area (Å²) in [7, 11) is -3.26. The molecule has 1 heterocycles. The minimum Gasteiger partial charge on any atom is -0.444 e. The molecule has 0 N–H and O–H groups in total. The van der Waals surface area contributed by atoms with E-state index in [0.717, 1.165) is 12.0 Å². The molecule has 0 radical (unpaired) electrons. The molecule has 3 aromatic rings. The summed E-state index contributed by atoms with van der Waals surface area (Å²) in [6, 6.07) is 15.5. The number of halogens is 1. The second-order valence-electron chi connectivity index (χ2n) is 5.83. The van der Waals surface area contributed by atoms with Gasteiger partial charge in [0.1, 0.15) is 12.1 Å². The number of aryl methyl sites for hydroxylation is 1. The summed E-state index contributed by atoms with van der Waals surface area (Å²) < 4.78 is 42.8. The van der Waals surface area contributed by atoms with Crippen molar-refractivity contribution in [2.75, 3.05) is 5.75 Å². The first-order valence-electron chi connectivity index (χ1n) is 7.96. The van der Waals surface area contributed by atoms with Gasteiger partial charge < -0.3 is 4.42 Å². The number of rotatable bonds is 7. The lowest BCUT2D eigenvalue weighted by Crippen LogP contribution is -2.10. The smallest absolute Gasteiger partial charge is 0.226 e. The van der Waals surface area contributed by atoms with E-state index in [1.165, 1.54) is 18.4 Å². The molecule has 0 amide bonds. The molecule has 3 rings (SSSR count). The van der Waals surface area contributed by atoms with E-state index in [1.807, 2.05) is 30.3 Å². The van der Waals surface area contributed by atoms with Crippen molar-refractivity contribution in [1.29, 1.82) is 0 Å². The second-order valence-corrected chi connectivity index (χ2v) is 8.02. The maximum absolute atomic E-state index is 12.9. The highest BCUT2D eigenvalue weighted by Crippen LogP contribution is 2.20. The largest absolute Gasteiger partial charge is 0.444 e.